The maximum absolute atomic E-state index is 7.81. The van der Waals surface area contributed by atoms with Crippen LogP contribution >= 0.6 is 0 Å². The van der Waals surface area contributed by atoms with Crippen LogP contribution in [0, 0.1) is 0 Å². The molecule has 7 aromatic rings. The molecule has 1 aromatic heterocycles. The van der Waals surface area contributed by atoms with E-state index in [0.29, 0.717) is 0 Å². The van der Waals surface area contributed by atoms with E-state index in [1.807, 2.05) is 0 Å². The number of fused-ring (bicyclic) bond motifs is 9. The highest BCUT2D eigenvalue weighted by molar-refractivity contribution is 7.01. The van der Waals surface area contributed by atoms with Crippen LogP contribution in [0.5, 0.6) is 0 Å². The predicted octanol–water partition coefficient (Wildman–Crippen LogP) is 19.1. The third-order valence-corrected chi connectivity index (χ3v) is 20.7. The second-order valence-electron chi connectivity index (χ2n) is 32.3. The predicted molar refractivity (Wildman–Crippen MR) is 338 cm³/mol. The van der Waals surface area contributed by atoms with Crippen molar-refractivity contribution in [2.75, 3.05) is 9.80 Å². The van der Waals surface area contributed by atoms with Crippen LogP contribution < -0.4 is 26.2 Å². The van der Waals surface area contributed by atoms with Crippen LogP contribution in [-0.2, 0) is 48.7 Å². The maximum atomic E-state index is 7.81. The van der Waals surface area contributed by atoms with Gasteiger partial charge in [-0.15, -0.1) is 0 Å². The van der Waals surface area contributed by atoms with Gasteiger partial charge in [-0.3, -0.25) is 4.90 Å². The van der Waals surface area contributed by atoms with Gasteiger partial charge in [0.15, 0.2) is 0 Å². The van der Waals surface area contributed by atoms with E-state index in [9.17, 15) is 0 Å². The van der Waals surface area contributed by atoms with Gasteiger partial charge in [-0.05, 0) is 214 Å². The smallest absolute Gasteiger partial charge is 0.257 e. The van der Waals surface area contributed by atoms with Crippen LogP contribution in [0.25, 0.3) is 22.1 Å². The summed E-state index contributed by atoms with van der Waals surface area (Å²) < 4.78 is 7.81. The van der Waals surface area contributed by atoms with Gasteiger partial charge in [-0.1, -0.05) is 188 Å². The molecule has 3 nitrogen and oxygen atoms in total. The zero-order valence-corrected chi connectivity index (χ0v) is 51.9. The van der Waals surface area contributed by atoms with Crippen LogP contribution in [0.3, 0.4) is 0 Å². The van der Waals surface area contributed by atoms with E-state index in [1.165, 1.54) is 118 Å². The topological polar surface area (TPSA) is 19.6 Å². The molecule has 0 bridgehead atoms. The monoisotopic (exact) mass is 1030 g/mol. The number of rotatable bonds is 3. The molecule has 3 aliphatic carbocycles. The van der Waals surface area contributed by atoms with Crippen molar-refractivity contribution in [1.29, 1.82) is 0 Å². The Hall–Kier alpha value is -5.48. The van der Waals surface area contributed by atoms with Gasteiger partial charge in [0.05, 0.1) is 0 Å². The summed E-state index contributed by atoms with van der Waals surface area (Å²) in [4.78, 5) is 5.32. The minimum atomic E-state index is -0.101. The standard InChI is InChI=1S/C74H91BN2O/c1-66(2,3)46-24-22-44(23-25-46)45-34-60-64-61(35-45)77(49-26-27-52-53(39-49)70(12,13)29-28-69(52,10)11)65-63(51-40-54-57(43-62(51)78-65)74(20,21)33-30-71(54,14)15)75(64)58-41-55-56(73(18,19)32-31-72(55,16)17)42-59(58)76(60)50-37-47(67(4,5)6)36-48(38-50)68(7,8)9/h22-27,34-43H,28-33H2,1-21H3. The molecule has 4 heteroatoms. The number of hydrogen-bond donors (Lipinski definition) is 0. The lowest BCUT2D eigenvalue weighted by Gasteiger charge is -2.47. The Labute approximate surface area is 471 Å². The fourth-order valence-corrected chi connectivity index (χ4v) is 14.8. The van der Waals surface area contributed by atoms with Gasteiger partial charge in [0.1, 0.15) is 5.58 Å². The lowest BCUT2D eigenvalue weighted by Crippen LogP contribution is -2.61. The molecule has 0 saturated carbocycles. The second-order valence-corrected chi connectivity index (χ2v) is 32.3. The van der Waals surface area contributed by atoms with Gasteiger partial charge in [0.2, 0.25) is 5.88 Å². The van der Waals surface area contributed by atoms with Gasteiger partial charge in [-0.2, -0.15) is 0 Å². The summed E-state index contributed by atoms with van der Waals surface area (Å²) >= 11 is 0. The van der Waals surface area contributed by atoms with E-state index in [2.05, 4.69) is 252 Å². The summed E-state index contributed by atoms with van der Waals surface area (Å²) in [5, 5.41) is 1.25. The van der Waals surface area contributed by atoms with Crippen LogP contribution in [-0.4, -0.2) is 6.71 Å². The first-order valence-corrected chi connectivity index (χ1v) is 30.0. The summed E-state index contributed by atoms with van der Waals surface area (Å²) in [5.74, 6) is 0.959. The Morgan fingerprint density at radius 2 is 0.821 bits per heavy atom. The molecule has 3 heterocycles. The van der Waals surface area contributed by atoms with Crippen LogP contribution in [0.4, 0.5) is 34.3 Å². The number of anilines is 6. The van der Waals surface area contributed by atoms with E-state index in [4.69, 9.17) is 4.42 Å². The molecule has 5 aliphatic rings. The number of benzene rings is 6. The summed E-state index contributed by atoms with van der Waals surface area (Å²) in [6.07, 6.45) is 6.92. The number of hydrogen-bond acceptors (Lipinski definition) is 3. The molecule has 0 N–H and O–H groups in total. The van der Waals surface area contributed by atoms with E-state index < -0.39 is 0 Å². The zero-order valence-electron chi connectivity index (χ0n) is 51.9. The quantitative estimate of drug-likeness (QED) is 0.164. The normalized spacial score (nSPS) is 20.1. The van der Waals surface area contributed by atoms with Gasteiger partial charge < -0.3 is 9.32 Å². The summed E-state index contributed by atoms with van der Waals surface area (Å²) in [6, 6.07) is 40.1. The minimum absolute atomic E-state index is 0.000564. The average molecular weight is 1040 g/mol. The highest BCUT2D eigenvalue weighted by Gasteiger charge is 2.50. The third kappa shape index (κ3) is 8.15. The number of furan rings is 1. The molecule has 0 unspecified atom stereocenters. The second kappa shape index (κ2) is 16.6. The van der Waals surface area contributed by atoms with E-state index in [1.54, 1.807) is 0 Å². The first-order chi connectivity index (χ1) is 36.0. The fraction of sp³-hybridized carbons (Fsp3) is 0.486. The van der Waals surface area contributed by atoms with Gasteiger partial charge in [0.25, 0.3) is 6.71 Å². The highest BCUT2D eigenvalue weighted by Crippen LogP contribution is 2.55. The van der Waals surface area contributed by atoms with E-state index in [0.717, 1.165) is 43.6 Å². The summed E-state index contributed by atoms with van der Waals surface area (Å²) in [7, 11) is 0. The molecule has 0 spiro atoms. The SMILES string of the molecule is CC(C)(C)c1ccc(-c2cc3c4c(c2)N(c2ccc5c(c2)C(C)(C)CCC5(C)C)c2oc5cc6c(cc5c2B4c2cc4c(cc2N3c2cc(C(C)(C)C)cc(C(C)(C)C)c2)C(C)(C)CCC4(C)C)C(C)(C)CCC6(C)C)cc1. The van der Waals surface area contributed by atoms with Crippen molar-refractivity contribution in [3.63, 3.8) is 0 Å². The molecular formula is C74H91BN2O. The largest absolute Gasteiger partial charge is 0.440 e. The zero-order chi connectivity index (χ0) is 56.2. The Balaban J connectivity index is 1.28. The molecule has 6 aromatic carbocycles. The Morgan fingerprint density at radius 3 is 1.33 bits per heavy atom. The molecule has 0 fully saturated rings. The lowest BCUT2D eigenvalue weighted by atomic mass is 9.33. The molecule has 12 rings (SSSR count). The average Bonchev–Trinajstić information content (AvgIpc) is 3.65. The molecule has 78 heavy (non-hydrogen) atoms. The summed E-state index contributed by atoms with van der Waals surface area (Å²) in [6.45, 7) is 50.9. The first-order valence-electron chi connectivity index (χ1n) is 30.0. The Kier molecular flexibility index (Phi) is 11.3. The van der Waals surface area contributed by atoms with Crippen LogP contribution in [0.15, 0.2) is 101 Å². The van der Waals surface area contributed by atoms with Crippen molar-refractivity contribution >= 4 is 68.4 Å². The van der Waals surface area contributed by atoms with Crippen molar-refractivity contribution in [3.05, 3.63) is 147 Å². The third-order valence-electron chi connectivity index (χ3n) is 20.7. The van der Waals surface area contributed by atoms with Crippen molar-refractivity contribution in [2.45, 2.75) is 233 Å². The first kappa shape index (κ1) is 53.2. The fourth-order valence-electron chi connectivity index (χ4n) is 14.8. The molecule has 0 saturated heterocycles. The van der Waals surface area contributed by atoms with Crippen molar-refractivity contribution in [2.24, 2.45) is 0 Å². The molecule has 0 radical (unpaired) electrons. The van der Waals surface area contributed by atoms with Crippen molar-refractivity contribution in [3.8, 4) is 11.1 Å². The Bertz CT molecular complexity index is 3610. The van der Waals surface area contributed by atoms with Crippen molar-refractivity contribution < 1.29 is 4.42 Å². The van der Waals surface area contributed by atoms with E-state index in [-0.39, 0.29) is 55.4 Å². The van der Waals surface area contributed by atoms with Gasteiger partial charge >= 0.3 is 0 Å². The molecule has 406 valence electrons. The minimum Gasteiger partial charge on any atom is -0.440 e. The molecule has 0 amide bonds. The maximum Gasteiger partial charge on any atom is 0.257 e. The summed E-state index contributed by atoms with van der Waals surface area (Å²) in [5.41, 5.74) is 26.5. The van der Waals surface area contributed by atoms with Crippen LogP contribution in [0.1, 0.15) is 234 Å². The van der Waals surface area contributed by atoms with Crippen molar-refractivity contribution in [1.82, 2.24) is 0 Å². The molecular weight excluding hydrogens is 944 g/mol. The van der Waals surface area contributed by atoms with Gasteiger partial charge in [-0.25, -0.2) is 0 Å². The van der Waals surface area contributed by atoms with E-state index >= 15 is 0 Å². The molecule has 2 aliphatic heterocycles. The van der Waals surface area contributed by atoms with Crippen LogP contribution in [0.2, 0.25) is 0 Å². The number of nitrogens with zero attached hydrogens (tertiary/aromatic N) is 2. The molecule has 0 atom stereocenters. The Morgan fingerprint density at radius 1 is 0.372 bits per heavy atom. The highest BCUT2D eigenvalue weighted by atomic mass is 16.4. The lowest BCUT2D eigenvalue weighted by molar-refractivity contribution is 0.332. The van der Waals surface area contributed by atoms with Gasteiger partial charge in [0, 0.05) is 39.3 Å².